The highest BCUT2D eigenvalue weighted by Crippen LogP contribution is 1.98. The van der Waals surface area contributed by atoms with Gasteiger partial charge in [-0.3, -0.25) is 4.79 Å². The van der Waals surface area contributed by atoms with Crippen molar-refractivity contribution in [1.29, 1.82) is 0 Å². The molecule has 3 heteroatoms. The van der Waals surface area contributed by atoms with Crippen molar-refractivity contribution in [3.8, 4) is 0 Å². The Labute approximate surface area is 73.4 Å². The van der Waals surface area contributed by atoms with E-state index in [0.717, 1.165) is 12.8 Å². The van der Waals surface area contributed by atoms with Crippen molar-refractivity contribution in [2.45, 2.75) is 26.7 Å². The van der Waals surface area contributed by atoms with E-state index in [4.69, 9.17) is 9.47 Å². The van der Waals surface area contributed by atoms with Crippen LogP contribution >= 0.6 is 0 Å². The summed E-state index contributed by atoms with van der Waals surface area (Å²) < 4.78 is 9.93. The van der Waals surface area contributed by atoms with E-state index in [9.17, 15) is 4.79 Å². The van der Waals surface area contributed by atoms with Crippen LogP contribution in [0.1, 0.15) is 26.7 Å². The molecular weight excluding hydrogens is 156 g/mol. The molecule has 0 aliphatic heterocycles. The van der Waals surface area contributed by atoms with Gasteiger partial charge in [0.1, 0.15) is 0 Å². The molecule has 0 aromatic rings. The van der Waals surface area contributed by atoms with Gasteiger partial charge in [0.05, 0.1) is 0 Å². The van der Waals surface area contributed by atoms with Gasteiger partial charge in [-0.1, -0.05) is 13.3 Å². The van der Waals surface area contributed by atoms with Gasteiger partial charge in [0.15, 0.2) is 18.8 Å². The summed E-state index contributed by atoms with van der Waals surface area (Å²) in [5, 5.41) is 0. The fourth-order valence-corrected chi connectivity index (χ4v) is 0.621. The second-order valence-corrected chi connectivity index (χ2v) is 2.27. The summed E-state index contributed by atoms with van der Waals surface area (Å²) in [6.07, 6.45) is 4.34. The Morgan fingerprint density at radius 2 is 2.17 bits per heavy atom. The molecule has 0 N–H and O–H groups in total. The maximum atomic E-state index is 10.4. The second kappa shape index (κ2) is 8.27. The summed E-state index contributed by atoms with van der Waals surface area (Å²) in [6.45, 7) is 4.67. The zero-order chi connectivity index (χ0) is 9.23. The average Bonchev–Trinajstić information content (AvgIpc) is 2.11. The number of unbranched alkanes of at least 4 members (excludes halogenated alkanes) is 1. The molecule has 12 heavy (non-hydrogen) atoms. The molecule has 0 aromatic carbocycles. The van der Waals surface area contributed by atoms with Crippen molar-refractivity contribution in [3.05, 3.63) is 11.8 Å². The van der Waals surface area contributed by atoms with E-state index in [0.29, 0.717) is 18.7 Å². The smallest absolute Gasteiger partial charge is 0.189 e. The fraction of sp³-hybridized carbons (Fsp3) is 0.667. The van der Waals surface area contributed by atoms with Crippen LogP contribution in [0.4, 0.5) is 0 Å². The Morgan fingerprint density at radius 3 is 2.67 bits per heavy atom. The fourth-order valence-electron chi connectivity index (χ4n) is 0.621. The molecule has 70 valence electrons. The number of hydrogen-bond donors (Lipinski definition) is 0. The van der Waals surface area contributed by atoms with Crippen LogP contribution in [0.5, 0.6) is 0 Å². The van der Waals surface area contributed by atoms with Gasteiger partial charge >= 0.3 is 0 Å². The van der Waals surface area contributed by atoms with Crippen LogP contribution in [-0.2, 0) is 14.3 Å². The number of allylic oxidation sites excluding steroid dienone is 2. The lowest BCUT2D eigenvalue weighted by atomic mass is 10.3. The van der Waals surface area contributed by atoms with E-state index in [1.807, 2.05) is 13.8 Å². The van der Waals surface area contributed by atoms with Crippen LogP contribution in [0.2, 0.25) is 0 Å². The Morgan fingerprint density at radius 1 is 1.42 bits per heavy atom. The van der Waals surface area contributed by atoms with Crippen molar-refractivity contribution >= 4 is 6.29 Å². The normalized spacial score (nSPS) is 11.3. The van der Waals surface area contributed by atoms with Gasteiger partial charge in [0, 0.05) is 6.61 Å². The zero-order valence-electron chi connectivity index (χ0n) is 7.71. The zero-order valence-corrected chi connectivity index (χ0v) is 7.71. The Bertz CT molecular complexity index is 141. The van der Waals surface area contributed by atoms with Gasteiger partial charge in [0.25, 0.3) is 0 Å². The van der Waals surface area contributed by atoms with Gasteiger partial charge < -0.3 is 9.47 Å². The molecule has 0 aromatic heterocycles. The molecule has 0 heterocycles. The van der Waals surface area contributed by atoms with Crippen LogP contribution in [0.25, 0.3) is 0 Å². The molecule has 3 nitrogen and oxygen atoms in total. The van der Waals surface area contributed by atoms with E-state index in [2.05, 4.69) is 0 Å². The topological polar surface area (TPSA) is 35.5 Å². The number of ether oxygens (including phenoxy) is 2. The predicted molar refractivity (Wildman–Crippen MR) is 46.6 cm³/mol. The lowest BCUT2D eigenvalue weighted by Crippen LogP contribution is -2.00. The summed E-state index contributed by atoms with van der Waals surface area (Å²) in [4.78, 5) is 10.4. The Balaban J connectivity index is 3.59. The molecule has 0 amide bonds. The van der Waals surface area contributed by atoms with Gasteiger partial charge in [0.2, 0.25) is 0 Å². The predicted octanol–water partition coefficient (Wildman–Crippen LogP) is 1.88. The molecule has 0 aliphatic carbocycles. The molecule has 0 aliphatic rings. The second-order valence-electron chi connectivity index (χ2n) is 2.27. The van der Waals surface area contributed by atoms with Crippen molar-refractivity contribution in [2.24, 2.45) is 0 Å². The number of carbonyl (C=O) groups is 1. The lowest BCUT2D eigenvalue weighted by molar-refractivity contribution is -0.110. The molecule has 0 bridgehead atoms. The standard InChI is InChI=1S/C9H16O3/c1-3-5-6-9(7-10)12-8-11-4-2/h6-7H,3-5,8H2,1-2H3. The van der Waals surface area contributed by atoms with E-state index in [1.165, 1.54) is 0 Å². The summed E-state index contributed by atoms with van der Waals surface area (Å²) in [5.41, 5.74) is 0. The van der Waals surface area contributed by atoms with E-state index >= 15 is 0 Å². The largest absolute Gasteiger partial charge is 0.464 e. The first-order valence-corrected chi connectivity index (χ1v) is 4.21. The Kier molecular flexibility index (Phi) is 7.70. The maximum absolute atomic E-state index is 10.4. The highest BCUT2D eigenvalue weighted by atomic mass is 16.7. The molecule has 0 saturated heterocycles. The molecule has 0 spiro atoms. The van der Waals surface area contributed by atoms with Crippen molar-refractivity contribution < 1.29 is 14.3 Å². The highest BCUT2D eigenvalue weighted by Gasteiger charge is 1.93. The van der Waals surface area contributed by atoms with Gasteiger partial charge in [-0.25, -0.2) is 0 Å². The summed E-state index contributed by atoms with van der Waals surface area (Å²) in [5.74, 6) is 0.366. The first kappa shape index (κ1) is 11.2. The first-order valence-electron chi connectivity index (χ1n) is 4.21. The third-order valence-electron chi connectivity index (χ3n) is 1.26. The number of aldehydes is 1. The van der Waals surface area contributed by atoms with Crippen LogP contribution in [-0.4, -0.2) is 19.7 Å². The van der Waals surface area contributed by atoms with Gasteiger partial charge in [-0.2, -0.15) is 0 Å². The molecule has 0 fully saturated rings. The minimum atomic E-state index is 0.158. The van der Waals surface area contributed by atoms with Crippen molar-refractivity contribution in [3.63, 3.8) is 0 Å². The molecule has 0 rings (SSSR count). The minimum absolute atomic E-state index is 0.158. The van der Waals surface area contributed by atoms with Crippen molar-refractivity contribution in [1.82, 2.24) is 0 Å². The average molecular weight is 172 g/mol. The van der Waals surface area contributed by atoms with Crippen LogP contribution in [0, 0.1) is 0 Å². The third kappa shape index (κ3) is 5.92. The van der Waals surface area contributed by atoms with Crippen LogP contribution in [0.3, 0.4) is 0 Å². The monoisotopic (exact) mass is 172 g/mol. The van der Waals surface area contributed by atoms with Crippen LogP contribution in [0.15, 0.2) is 11.8 Å². The first-order chi connectivity index (χ1) is 5.85. The quantitative estimate of drug-likeness (QED) is 0.193. The molecule has 0 saturated carbocycles. The van der Waals surface area contributed by atoms with E-state index < -0.39 is 0 Å². The Hall–Kier alpha value is -0.830. The summed E-state index contributed by atoms with van der Waals surface area (Å²) >= 11 is 0. The van der Waals surface area contributed by atoms with E-state index in [1.54, 1.807) is 6.08 Å². The number of carbonyl (C=O) groups excluding carboxylic acids is 1. The molecular formula is C9H16O3. The maximum Gasteiger partial charge on any atom is 0.189 e. The molecule has 0 unspecified atom stereocenters. The van der Waals surface area contributed by atoms with Gasteiger partial charge in [-0.05, 0) is 19.4 Å². The lowest BCUT2D eigenvalue weighted by Gasteiger charge is -2.03. The SMILES string of the molecule is CCCC=C(C=O)OCOCC. The van der Waals surface area contributed by atoms with E-state index in [-0.39, 0.29) is 6.79 Å². The highest BCUT2D eigenvalue weighted by molar-refractivity contribution is 5.69. The van der Waals surface area contributed by atoms with Crippen molar-refractivity contribution in [2.75, 3.05) is 13.4 Å². The number of hydrogen-bond acceptors (Lipinski definition) is 3. The minimum Gasteiger partial charge on any atom is -0.464 e. The summed E-state index contributed by atoms with van der Waals surface area (Å²) in [7, 11) is 0. The third-order valence-corrected chi connectivity index (χ3v) is 1.26. The number of rotatable bonds is 7. The van der Waals surface area contributed by atoms with Crippen LogP contribution < -0.4 is 0 Å². The van der Waals surface area contributed by atoms with Gasteiger partial charge in [-0.15, -0.1) is 0 Å². The molecule has 0 radical (unpaired) electrons. The summed E-state index contributed by atoms with van der Waals surface area (Å²) in [6, 6.07) is 0. The molecule has 0 atom stereocenters.